The molecule has 0 saturated carbocycles. The van der Waals surface area contributed by atoms with Gasteiger partial charge in [0.05, 0.1) is 47.8 Å². The first-order chi connectivity index (χ1) is 14.4. The summed E-state index contributed by atoms with van der Waals surface area (Å²) in [5, 5.41) is 8.33. The third-order valence-corrected chi connectivity index (χ3v) is 5.00. The summed E-state index contributed by atoms with van der Waals surface area (Å²) in [4.78, 5) is 18.0. The molecule has 9 heteroatoms. The number of hydrogen-bond donors (Lipinski definition) is 1. The van der Waals surface area contributed by atoms with Crippen LogP contribution in [0.2, 0.25) is 5.02 Å². The zero-order valence-corrected chi connectivity index (χ0v) is 17.6. The molecule has 0 saturated heterocycles. The van der Waals surface area contributed by atoms with E-state index in [1.54, 1.807) is 48.3 Å². The molecule has 30 heavy (non-hydrogen) atoms. The maximum atomic E-state index is 13.3. The molecule has 4 rings (SSSR count). The number of furan rings is 1. The molecule has 3 aromatic heterocycles. The van der Waals surface area contributed by atoms with Gasteiger partial charge in [0, 0.05) is 19.2 Å². The number of benzene rings is 1. The van der Waals surface area contributed by atoms with Gasteiger partial charge in [0.1, 0.15) is 17.2 Å². The zero-order chi connectivity index (χ0) is 21.4. The molecular weight excluding hydrogens is 408 g/mol. The lowest BCUT2D eigenvalue weighted by Crippen LogP contribution is -2.14. The number of nitrogens with one attached hydrogen (secondary N) is 1. The van der Waals surface area contributed by atoms with E-state index in [2.05, 4.69) is 15.4 Å². The molecule has 4 aromatic rings. The Bertz CT molecular complexity index is 1250. The molecular formula is C21H19ClN4O4. The lowest BCUT2D eigenvalue weighted by atomic mass is 10.1. The SMILES string of the molecule is COc1cc(NC(=O)c2cc(-c3ccco3)nc3c2c(C)nn3C)c(OC)cc1Cl. The zero-order valence-electron chi connectivity index (χ0n) is 16.8. The van der Waals surface area contributed by atoms with Crippen molar-refractivity contribution in [3.8, 4) is 23.0 Å². The summed E-state index contributed by atoms with van der Waals surface area (Å²) in [6.45, 7) is 1.83. The fourth-order valence-corrected chi connectivity index (χ4v) is 3.55. The quantitative estimate of drug-likeness (QED) is 0.506. The van der Waals surface area contributed by atoms with Crippen LogP contribution in [0.1, 0.15) is 16.1 Å². The van der Waals surface area contributed by atoms with E-state index in [-0.39, 0.29) is 5.91 Å². The van der Waals surface area contributed by atoms with Crippen molar-refractivity contribution in [2.45, 2.75) is 6.92 Å². The minimum absolute atomic E-state index is 0.353. The lowest BCUT2D eigenvalue weighted by molar-refractivity contribution is 0.102. The van der Waals surface area contributed by atoms with Gasteiger partial charge in [0.15, 0.2) is 11.4 Å². The topological polar surface area (TPSA) is 91.4 Å². The molecule has 0 bridgehead atoms. The molecule has 0 aliphatic heterocycles. The normalized spacial score (nSPS) is 11.0. The van der Waals surface area contributed by atoms with Crippen LogP contribution in [0.3, 0.4) is 0 Å². The number of halogens is 1. The highest BCUT2D eigenvalue weighted by Gasteiger charge is 2.21. The van der Waals surface area contributed by atoms with Crippen LogP contribution in [-0.4, -0.2) is 34.9 Å². The van der Waals surface area contributed by atoms with E-state index in [1.165, 1.54) is 14.2 Å². The van der Waals surface area contributed by atoms with Crippen molar-refractivity contribution in [3.05, 3.63) is 52.9 Å². The number of anilines is 1. The van der Waals surface area contributed by atoms with Crippen molar-refractivity contribution in [1.29, 1.82) is 0 Å². The highest BCUT2D eigenvalue weighted by molar-refractivity contribution is 6.32. The Labute approximate surface area is 177 Å². The minimum Gasteiger partial charge on any atom is -0.495 e. The number of amides is 1. The van der Waals surface area contributed by atoms with Gasteiger partial charge in [-0.3, -0.25) is 9.48 Å². The number of methoxy groups -OCH3 is 2. The highest BCUT2D eigenvalue weighted by atomic mass is 35.5. The molecule has 8 nitrogen and oxygen atoms in total. The van der Waals surface area contributed by atoms with Gasteiger partial charge >= 0.3 is 0 Å². The van der Waals surface area contributed by atoms with Crippen LogP contribution in [0, 0.1) is 6.92 Å². The first-order valence-electron chi connectivity index (χ1n) is 9.04. The third kappa shape index (κ3) is 3.35. The molecule has 0 spiro atoms. The molecule has 0 fully saturated rings. The van der Waals surface area contributed by atoms with Crippen molar-refractivity contribution >= 4 is 34.2 Å². The molecule has 0 aliphatic rings. The number of aryl methyl sites for hydroxylation is 2. The lowest BCUT2D eigenvalue weighted by Gasteiger charge is -2.14. The molecule has 1 N–H and O–H groups in total. The maximum Gasteiger partial charge on any atom is 0.256 e. The van der Waals surface area contributed by atoms with Crippen molar-refractivity contribution in [1.82, 2.24) is 14.8 Å². The second-order valence-corrected chi connectivity index (χ2v) is 6.99. The number of aromatic nitrogens is 3. The monoisotopic (exact) mass is 426 g/mol. The van der Waals surface area contributed by atoms with Gasteiger partial charge < -0.3 is 19.2 Å². The van der Waals surface area contributed by atoms with Crippen molar-refractivity contribution in [2.24, 2.45) is 7.05 Å². The summed E-state index contributed by atoms with van der Waals surface area (Å²) in [6, 6.07) is 8.43. The molecule has 0 aliphatic carbocycles. The number of fused-ring (bicyclic) bond motifs is 1. The molecule has 0 radical (unpaired) electrons. The number of nitrogens with zero attached hydrogens (tertiary/aromatic N) is 3. The molecule has 0 unspecified atom stereocenters. The van der Waals surface area contributed by atoms with Crippen LogP contribution < -0.4 is 14.8 Å². The van der Waals surface area contributed by atoms with E-state index >= 15 is 0 Å². The summed E-state index contributed by atoms with van der Waals surface area (Å²) >= 11 is 6.17. The van der Waals surface area contributed by atoms with Gasteiger partial charge in [-0.25, -0.2) is 4.98 Å². The molecule has 3 heterocycles. The van der Waals surface area contributed by atoms with Crippen molar-refractivity contribution in [3.63, 3.8) is 0 Å². The predicted octanol–water partition coefficient (Wildman–Crippen LogP) is 4.46. The Hall–Kier alpha value is -3.52. The number of pyridine rings is 1. The van der Waals surface area contributed by atoms with E-state index in [9.17, 15) is 4.79 Å². The van der Waals surface area contributed by atoms with Gasteiger partial charge in [-0.2, -0.15) is 5.10 Å². The van der Waals surface area contributed by atoms with E-state index in [0.29, 0.717) is 56.0 Å². The Balaban J connectivity index is 1.84. The fourth-order valence-electron chi connectivity index (χ4n) is 3.32. The van der Waals surface area contributed by atoms with Gasteiger partial charge in [-0.15, -0.1) is 0 Å². The van der Waals surface area contributed by atoms with Gasteiger partial charge in [-0.05, 0) is 25.1 Å². The fraction of sp³-hybridized carbons (Fsp3) is 0.190. The number of hydrogen-bond acceptors (Lipinski definition) is 6. The second kappa shape index (κ2) is 7.72. The van der Waals surface area contributed by atoms with E-state index < -0.39 is 0 Å². The number of carbonyl (C=O) groups is 1. The maximum absolute atomic E-state index is 13.3. The van der Waals surface area contributed by atoms with E-state index in [4.69, 9.17) is 25.5 Å². The standard InChI is InChI=1S/C21H19ClN4O4/c1-11-19-12(8-14(16-6-5-7-30-16)23-20(19)26(2)25-11)21(27)24-15-10-17(28-3)13(22)9-18(15)29-4/h5-10H,1-4H3,(H,24,27). The summed E-state index contributed by atoms with van der Waals surface area (Å²) in [5.74, 6) is 1.03. The Morgan fingerprint density at radius 2 is 1.97 bits per heavy atom. The van der Waals surface area contributed by atoms with Crippen molar-refractivity contribution in [2.75, 3.05) is 19.5 Å². The Morgan fingerprint density at radius 1 is 1.20 bits per heavy atom. The van der Waals surface area contributed by atoms with E-state index in [0.717, 1.165) is 0 Å². The Morgan fingerprint density at radius 3 is 2.63 bits per heavy atom. The van der Waals surface area contributed by atoms with Crippen LogP contribution in [-0.2, 0) is 7.05 Å². The summed E-state index contributed by atoms with van der Waals surface area (Å²) in [6.07, 6.45) is 1.56. The molecule has 0 atom stereocenters. The van der Waals surface area contributed by atoms with Gasteiger partial charge in [0.2, 0.25) is 0 Å². The number of rotatable bonds is 5. The van der Waals surface area contributed by atoms with Crippen LogP contribution >= 0.6 is 11.6 Å². The average molecular weight is 427 g/mol. The minimum atomic E-state index is -0.353. The van der Waals surface area contributed by atoms with E-state index in [1.807, 2.05) is 6.92 Å². The first kappa shape index (κ1) is 19.8. The van der Waals surface area contributed by atoms with Crippen LogP contribution in [0.5, 0.6) is 11.5 Å². The summed E-state index contributed by atoms with van der Waals surface area (Å²) < 4.78 is 17.7. The molecule has 1 aromatic carbocycles. The van der Waals surface area contributed by atoms with Crippen LogP contribution in [0.25, 0.3) is 22.5 Å². The Kier molecular flexibility index (Phi) is 5.09. The molecule has 154 valence electrons. The van der Waals surface area contributed by atoms with Gasteiger partial charge in [0.25, 0.3) is 5.91 Å². The van der Waals surface area contributed by atoms with Crippen LogP contribution in [0.15, 0.2) is 41.0 Å². The first-order valence-corrected chi connectivity index (χ1v) is 9.41. The second-order valence-electron chi connectivity index (χ2n) is 6.58. The number of carbonyl (C=O) groups excluding carboxylic acids is 1. The summed E-state index contributed by atoms with van der Waals surface area (Å²) in [5.41, 5.74) is 2.63. The highest BCUT2D eigenvalue weighted by Crippen LogP contribution is 2.36. The molecule has 1 amide bonds. The third-order valence-electron chi connectivity index (χ3n) is 4.71. The van der Waals surface area contributed by atoms with Gasteiger partial charge in [-0.1, -0.05) is 11.6 Å². The van der Waals surface area contributed by atoms with Crippen LogP contribution in [0.4, 0.5) is 5.69 Å². The average Bonchev–Trinajstić information content (AvgIpc) is 3.37. The van der Waals surface area contributed by atoms with Crippen molar-refractivity contribution < 1.29 is 18.7 Å². The number of ether oxygens (including phenoxy) is 2. The predicted molar refractivity (Wildman–Crippen MR) is 113 cm³/mol. The largest absolute Gasteiger partial charge is 0.495 e. The summed E-state index contributed by atoms with van der Waals surface area (Å²) in [7, 11) is 4.78. The smallest absolute Gasteiger partial charge is 0.256 e.